The second-order valence-electron chi connectivity index (χ2n) is 3.46. The van der Waals surface area contributed by atoms with Crippen LogP contribution in [0.3, 0.4) is 0 Å². The molecule has 0 aliphatic carbocycles. The molecule has 0 bridgehead atoms. The van der Waals surface area contributed by atoms with Gasteiger partial charge >= 0.3 is 5.97 Å². The lowest BCUT2D eigenvalue weighted by molar-refractivity contribution is -0.237. The van der Waals surface area contributed by atoms with Crippen LogP contribution in [-0.4, -0.2) is 31.5 Å². The van der Waals surface area contributed by atoms with Gasteiger partial charge in [-0.2, -0.15) is 0 Å². The fourth-order valence-electron chi connectivity index (χ4n) is 1.26. The zero-order valence-corrected chi connectivity index (χ0v) is 8.76. The number of hydrogen-bond acceptors (Lipinski definition) is 4. The second-order valence-corrected chi connectivity index (χ2v) is 3.46. The fourth-order valence-corrected chi connectivity index (χ4v) is 1.26. The van der Waals surface area contributed by atoms with Crippen molar-refractivity contribution in [2.45, 2.75) is 26.1 Å². The highest BCUT2D eigenvalue weighted by molar-refractivity contribution is 5.87. The van der Waals surface area contributed by atoms with E-state index in [1.807, 2.05) is 6.92 Å². The van der Waals surface area contributed by atoms with Crippen LogP contribution < -0.4 is 5.32 Å². The Hall–Kier alpha value is -0.870. The molecule has 1 aliphatic heterocycles. The van der Waals surface area contributed by atoms with E-state index >= 15 is 0 Å². The summed E-state index contributed by atoms with van der Waals surface area (Å²) in [4.78, 5) is 11.3. The summed E-state index contributed by atoms with van der Waals surface area (Å²) in [7, 11) is 0. The van der Waals surface area contributed by atoms with Gasteiger partial charge in [-0.1, -0.05) is 13.5 Å². The molecule has 0 amide bonds. The van der Waals surface area contributed by atoms with Gasteiger partial charge in [0.15, 0.2) is 0 Å². The van der Waals surface area contributed by atoms with Gasteiger partial charge in [0.1, 0.15) is 0 Å². The summed E-state index contributed by atoms with van der Waals surface area (Å²) in [6, 6.07) is 0. The van der Waals surface area contributed by atoms with Crippen molar-refractivity contribution in [3.63, 3.8) is 0 Å². The van der Waals surface area contributed by atoms with Crippen LogP contribution in [0.2, 0.25) is 0 Å². The predicted molar refractivity (Wildman–Crippen MR) is 52.7 cm³/mol. The largest absolute Gasteiger partial charge is 0.428 e. The Morgan fingerprint density at radius 1 is 1.71 bits per heavy atom. The summed E-state index contributed by atoms with van der Waals surface area (Å²) in [5, 5.41) is 3.14. The van der Waals surface area contributed by atoms with Crippen LogP contribution in [0.5, 0.6) is 0 Å². The molecular weight excluding hydrogens is 182 g/mol. The molecule has 0 aromatic rings. The van der Waals surface area contributed by atoms with Crippen molar-refractivity contribution in [1.29, 1.82) is 0 Å². The molecule has 0 saturated carbocycles. The van der Waals surface area contributed by atoms with Gasteiger partial charge in [0.05, 0.1) is 13.2 Å². The highest BCUT2D eigenvalue weighted by atomic mass is 16.7. The summed E-state index contributed by atoms with van der Waals surface area (Å²) in [5.41, 5.74) is 0.395. The van der Waals surface area contributed by atoms with Crippen molar-refractivity contribution in [2.75, 3.05) is 19.7 Å². The first kappa shape index (κ1) is 11.2. The van der Waals surface area contributed by atoms with Crippen molar-refractivity contribution in [2.24, 2.45) is 0 Å². The highest BCUT2D eigenvalue weighted by Crippen LogP contribution is 2.20. The minimum atomic E-state index is -0.797. The number of morpholine rings is 1. The molecule has 14 heavy (non-hydrogen) atoms. The summed E-state index contributed by atoms with van der Waals surface area (Å²) < 4.78 is 10.8. The first-order valence-electron chi connectivity index (χ1n) is 4.83. The average molecular weight is 199 g/mol. The molecule has 0 aromatic carbocycles. The van der Waals surface area contributed by atoms with Crippen LogP contribution in [0, 0.1) is 0 Å². The molecule has 1 unspecified atom stereocenters. The average Bonchev–Trinajstić information content (AvgIpc) is 2.19. The minimum absolute atomic E-state index is 0.393. The number of carbonyl (C=O) groups is 1. The Labute approximate surface area is 84.3 Å². The van der Waals surface area contributed by atoms with Crippen molar-refractivity contribution < 1.29 is 14.3 Å². The van der Waals surface area contributed by atoms with Crippen molar-refractivity contribution in [1.82, 2.24) is 5.32 Å². The number of esters is 1. The van der Waals surface area contributed by atoms with Crippen LogP contribution in [0.15, 0.2) is 12.2 Å². The molecule has 1 atom stereocenters. The molecule has 1 N–H and O–H groups in total. The van der Waals surface area contributed by atoms with Gasteiger partial charge in [0, 0.05) is 18.5 Å². The molecule has 0 aromatic heterocycles. The van der Waals surface area contributed by atoms with E-state index in [-0.39, 0.29) is 0 Å². The van der Waals surface area contributed by atoms with Crippen LogP contribution in [0.4, 0.5) is 0 Å². The SMILES string of the molecule is C=C(C)C(=O)OC1(CC)CNCCO1. The van der Waals surface area contributed by atoms with Crippen molar-refractivity contribution in [3.05, 3.63) is 12.2 Å². The third kappa shape index (κ3) is 2.56. The number of hydrogen-bond donors (Lipinski definition) is 1. The molecule has 4 heteroatoms. The first-order chi connectivity index (χ1) is 6.59. The van der Waals surface area contributed by atoms with E-state index in [9.17, 15) is 4.79 Å². The molecule has 1 aliphatic rings. The molecule has 1 heterocycles. The lowest BCUT2D eigenvalue weighted by Gasteiger charge is -2.36. The Morgan fingerprint density at radius 2 is 2.43 bits per heavy atom. The maximum absolute atomic E-state index is 11.3. The molecule has 1 fully saturated rings. The summed E-state index contributed by atoms with van der Waals surface area (Å²) in [5.74, 6) is -1.19. The quantitative estimate of drug-likeness (QED) is 0.540. The van der Waals surface area contributed by atoms with E-state index in [0.717, 1.165) is 6.54 Å². The normalized spacial score (nSPS) is 27.0. The van der Waals surface area contributed by atoms with E-state index in [1.54, 1.807) is 6.92 Å². The number of ether oxygens (including phenoxy) is 2. The highest BCUT2D eigenvalue weighted by Gasteiger charge is 2.35. The monoisotopic (exact) mass is 199 g/mol. The van der Waals surface area contributed by atoms with E-state index in [4.69, 9.17) is 9.47 Å². The Kier molecular flexibility index (Phi) is 3.66. The molecule has 1 rings (SSSR count). The Morgan fingerprint density at radius 3 is 2.86 bits per heavy atom. The van der Waals surface area contributed by atoms with Crippen LogP contribution >= 0.6 is 0 Å². The molecule has 1 saturated heterocycles. The standard InChI is InChI=1S/C10H17NO3/c1-4-10(7-11-5-6-13-10)14-9(12)8(2)3/h11H,2,4-7H2,1,3H3. The zero-order chi connectivity index (χ0) is 10.6. The first-order valence-corrected chi connectivity index (χ1v) is 4.83. The minimum Gasteiger partial charge on any atom is -0.428 e. The summed E-state index contributed by atoms with van der Waals surface area (Å²) >= 11 is 0. The smallest absolute Gasteiger partial charge is 0.335 e. The van der Waals surface area contributed by atoms with Gasteiger partial charge in [-0.25, -0.2) is 4.79 Å². The van der Waals surface area contributed by atoms with Gasteiger partial charge in [-0.05, 0) is 6.92 Å². The van der Waals surface area contributed by atoms with Gasteiger partial charge in [0.2, 0.25) is 5.79 Å². The van der Waals surface area contributed by atoms with E-state index in [0.29, 0.717) is 25.1 Å². The summed E-state index contributed by atoms with van der Waals surface area (Å²) in [6.07, 6.45) is 0.638. The van der Waals surface area contributed by atoms with Crippen LogP contribution in [0.25, 0.3) is 0 Å². The van der Waals surface area contributed by atoms with Crippen molar-refractivity contribution >= 4 is 5.97 Å². The Balaban J connectivity index is 2.60. The maximum atomic E-state index is 11.3. The lowest BCUT2D eigenvalue weighted by Crippen LogP contribution is -2.52. The summed E-state index contributed by atoms with van der Waals surface area (Å²) in [6.45, 7) is 9.00. The number of rotatable bonds is 3. The third-order valence-corrected chi connectivity index (χ3v) is 2.20. The lowest BCUT2D eigenvalue weighted by atomic mass is 10.2. The second kappa shape index (κ2) is 4.57. The molecule has 80 valence electrons. The van der Waals surface area contributed by atoms with E-state index < -0.39 is 11.8 Å². The van der Waals surface area contributed by atoms with Crippen molar-refractivity contribution in [3.8, 4) is 0 Å². The zero-order valence-electron chi connectivity index (χ0n) is 8.76. The van der Waals surface area contributed by atoms with Gasteiger partial charge in [-0.15, -0.1) is 0 Å². The predicted octanol–water partition coefficient (Wildman–Crippen LogP) is 0.832. The van der Waals surface area contributed by atoms with Crippen LogP contribution in [-0.2, 0) is 14.3 Å². The molecule has 0 spiro atoms. The van der Waals surface area contributed by atoms with Gasteiger partial charge in [-0.3, -0.25) is 0 Å². The fraction of sp³-hybridized carbons (Fsp3) is 0.700. The molecular formula is C10H17NO3. The van der Waals surface area contributed by atoms with Gasteiger partial charge < -0.3 is 14.8 Å². The van der Waals surface area contributed by atoms with E-state index in [1.165, 1.54) is 0 Å². The maximum Gasteiger partial charge on any atom is 0.335 e. The third-order valence-electron chi connectivity index (χ3n) is 2.20. The molecule has 4 nitrogen and oxygen atoms in total. The number of nitrogens with one attached hydrogen (secondary N) is 1. The number of carbonyl (C=O) groups excluding carboxylic acids is 1. The van der Waals surface area contributed by atoms with E-state index in [2.05, 4.69) is 11.9 Å². The Bertz CT molecular complexity index is 232. The van der Waals surface area contributed by atoms with Gasteiger partial charge in [0.25, 0.3) is 0 Å². The van der Waals surface area contributed by atoms with Crippen LogP contribution in [0.1, 0.15) is 20.3 Å². The molecule has 0 radical (unpaired) electrons. The topological polar surface area (TPSA) is 47.6 Å².